The molecule has 0 amide bonds. The van der Waals surface area contributed by atoms with Gasteiger partial charge in [0.25, 0.3) is 0 Å². The standard InChI is InChI=1S/C21H27N3/c1-24(21-13-6-3-7-14-21)17-19-10-8-9-18(15-19)16-22-23-20-11-4-2-5-12-20/h2,4-5,8-12,15-16,21,23H,3,6-7,13-14,17H2,1H3. The zero-order chi connectivity index (χ0) is 16.6. The first-order valence-corrected chi connectivity index (χ1v) is 8.94. The summed E-state index contributed by atoms with van der Waals surface area (Å²) in [5.41, 5.74) is 6.55. The number of para-hydroxylation sites is 1. The van der Waals surface area contributed by atoms with Gasteiger partial charge in [-0.3, -0.25) is 10.3 Å². The lowest BCUT2D eigenvalue weighted by molar-refractivity contribution is 0.184. The van der Waals surface area contributed by atoms with Crippen molar-refractivity contribution < 1.29 is 0 Å². The van der Waals surface area contributed by atoms with Gasteiger partial charge in [-0.15, -0.1) is 0 Å². The summed E-state index contributed by atoms with van der Waals surface area (Å²) in [4.78, 5) is 2.51. The molecule has 3 heteroatoms. The van der Waals surface area contributed by atoms with Crippen LogP contribution in [0.25, 0.3) is 0 Å². The van der Waals surface area contributed by atoms with Crippen LogP contribution in [0.3, 0.4) is 0 Å². The maximum atomic E-state index is 4.33. The summed E-state index contributed by atoms with van der Waals surface area (Å²) in [6.45, 7) is 1.01. The Morgan fingerprint density at radius 2 is 1.83 bits per heavy atom. The van der Waals surface area contributed by atoms with E-state index >= 15 is 0 Å². The Bertz CT molecular complexity index is 645. The molecular weight excluding hydrogens is 294 g/mol. The van der Waals surface area contributed by atoms with Gasteiger partial charge in [0.15, 0.2) is 0 Å². The largest absolute Gasteiger partial charge is 0.299 e. The molecular formula is C21H27N3. The first-order valence-electron chi connectivity index (χ1n) is 8.94. The predicted octanol–water partition coefficient (Wildman–Crippen LogP) is 4.90. The Hall–Kier alpha value is -2.13. The number of nitrogens with one attached hydrogen (secondary N) is 1. The average molecular weight is 321 g/mol. The SMILES string of the molecule is CN(Cc1cccc(C=NNc2ccccc2)c1)C1CCCCC1. The van der Waals surface area contributed by atoms with Crippen molar-refractivity contribution in [3.05, 3.63) is 65.7 Å². The van der Waals surface area contributed by atoms with Gasteiger partial charge in [-0.25, -0.2) is 0 Å². The zero-order valence-electron chi connectivity index (χ0n) is 14.5. The summed E-state index contributed by atoms with van der Waals surface area (Å²) >= 11 is 0. The lowest BCUT2D eigenvalue weighted by atomic mass is 9.94. The van der Waals surface area contributed by atoms with Crippen molar-refractivity contribution in [2.45, 2.75) is 44.7 Å². The van der Waals surface area contributed by atoms with Crippen LogP contribution in [-0.4, -0.2) is 24.2 Å². The highest BCUT2D eigenvalue weighted by Crippen LogP contribution is 2.22. The number of hydrogen-bond donors (Lipinski definition) is 1. The highest BCUT2D eigenvalue weighted by molar-refractivity contribution is 5.80. The third kappa shape index (κ3) is 4.93. The van der Waals surface area contributed by atoms with E-state index in [4.69, 9.17) is 0 Å². The summed E-state index contributed by atoms with van der Waals surface area (Å²) in [5, 5.41) is 4.33. The van der Waals surface area contributed by atoms with Gasteiger partial charge in [-0.05, 0) is 49.2 Å². The number of nitrogens with zero attached hydrogens (tertiary/aromatic N) is 2. The minimum absolute atomic E-state index is 0.746. The van der Waals surface area contributed by atoms with Crippen molar-refractivity contribution in [1.29, 1.82) is 0 Å². The van der Waals surface area contributed by atoms with E-state index in [2.05, 4.69) is 46.7 Å². The van der Waals surface area contributed by atoms with Crippen molar-refractivity contribution in [2.75, 3.05) is 12.5 Å². The van der Waals surface area contributed by atoms with E-state index in [0.29, 0.717) is 0 Å². The van der Waals surface area contributed by atoms with Gasteiger partial charge in [0.1, 0.15) is 0 Å². The Kier molecular flexibility index (Phi) is 6.02. The molecule has 0 atom stereocenters. The van der Waals surface area contributed by atoms with Crippen LogP contribution in [0, 0.1) is 0 Å². The fourth-order valence-electron chi connectivity index (χ4n) is 3.40. The number of anilines is 1. The van der Waals surface area contributed by atoms with E-state index in [1.54, 1.807) is 0 Å². The van der Waals surface area contributed by atoms with Gasteiger partial charge in [-0.1, -0.05) is 55.7 Å². The molecule has 24 heavy (non-hydrogen) atoms. The van der Waals surface area contributed by atoms with Crippen molar-refractivity contribution >= 4 is 11.9 Å². The molecule has 1 fully saturated rings. The van der Waals surface area contributed by atoms with E-state index in [1.165, 1.54) is 37.7 Å². The molecule has 0 aliphatic heterocycles. The molecule has 3 nitrogen and oxygen atoms in total. The second-order valence-corrected chi connectivity index (χ2v) is 6.69. The molecule has 126 valence electrons. The van der Waals surface area contributed by atoms with Crippen LogP contribution < -0.4 is 5.43 Å². The maximum absolute atomic E-state index is 4.33. The second-order valence-electron chi connectivity index (χ2n) is 6.69. The van der Waals surface area contributed by atoms with Gasteiger partial charge in [0.05, 0.1) is 11.9 Å². The van der Waals surface area contributed by atoms with Crippen molar-refractivity contribution in [3.8, 4) is 0 Å². The fourth-order valence-corrected chi connectivity index (χ4v) is 3.40. The van der Waals surface area contributed by atoms with Crippen LogP contribution in [0.4, 0.5) is 5.69 Å². The van der Waals surface area contributed by atoms with Crippen LogP contribution in [0.15, 0.2) is 59.7 Å². The van der Waals surface area contributed by atoms with E-state index in [1.807, 2.05) is 36.5 Å². The molecule has 2 aromatic rings. The van der Waals surface area contributed by atoms with Crippen LogP contribution in [0.1, 0.15) is 43.2 Å². The molecule has 0 aromatic heterocycles. The summed E-state index contributed by atoms with van der Waals surface area (Å²) < 4.78 is 0. The minimum Gasteiger partial charge on any atom is -0.299 e. The first kappa shape index (κ1) is 16.7. The van der Waals surface area contributed by atoms with Gasteiger partial charge < -0.3 is 0 Å². The molecule has 3 rings (SSSR count). The molecule has 1 saturated carbocycles. The quantitative estimate of drug-likeness (QED) is 0.605. The molecule has 0 spiro atoms. The zero-order valence-corrected chi connectivity index (χ0v) is 14.5. The minimum atomic E-state index is 0.746. The summed E-state index contributed by atoms with van der Waals surface area (Å²) in [6.07, 6.45) is 8.75. The maximum Gasteiger partial charge on any atom is 0.0561 e. The topological polar surface area (TPSA) is 27.6 Å². The summed E-state index contributed by atoms with van der Waals surface area (Å²) in [6, 6.07) is 19.4. The highest BCUT2D eigenvalue weighted by atomic mass is 15.3. The van der Waals surface area contributed by atoms with Crippen LogP contribution >= 0.6 is 0 Å². The third-order valence-electron chi connectivity index (χ3n) is 4.76. The Labute approximate surface area is 145 Å². The molecule has 0 unspecified atom stereocenters. The number of benzene rings is 2. The third-order valence-corrected chi connectivity index (χ3v) is 4.76. The number of rotatable bonds is 6. The molecule has 0 saturated heterocycles. The van der Waals surface area contributed by atoms with Crippen LogP contribution in [0.2, 0.25) is 0 Å². The van der Waals surface area contributed by atoms with Gasteiger partial charge in [0.2, 0.25) is 0 Å². The van der Waals surface area contributed by atoms with Crippen LogP contribution in [-0.2, 0) is 6.54 Å². The summed E-state index contributed by atoms with van der Waals surface area (Å²) in [7, 11) is 2.26. The Morgan fingerprint density at radius 1 is 1.04 bits per heavy atom. The molecule has 1 aliphatic carbocycles. The monoisotopic (exact) mass is 321 g/mol. The van der Waals surface area contributed by atoms with Crippen molar-refractivity contribution in [3.63, 3.8) is 0 Å². The van der Waals surface area contributed by atoms with Crippen molar-refractivity contribution in [1.82, 2.24) is 4.90 Å². The molecule has 2 aromatic carbocycles. The van der Waals surface area contributed by atoms with Crippen molar-refractivity contribution in [2.24, 2.45) is 5.10 Å². The second kappa shape index (κ2) is 8.65. The molecule has 0 radical (unpaired) electrons. The van der Waals surface area contributed by atoms with Gasteiger partial charge in [0, 0.05) is 12.6 Å². The lowest BCUT2D eigenvalue weighted by Crippen LogP contribution is -2.32. The van der Waals surface area contributed by atoms with E-state index in [-0.39, 0.29) is 0 Å². The number of hydrazone groups is 1. The van der Waals surface area contributed by atoms with Gasteiger partial charge >= 0.3 is 0 Å². The number of hydrogen-bond acceptors (Lipinski definition) is 3. The lowest BCUT2D eigenvalue weighted by Gasteiger charge is -2.31. The molecule has 0 bridgehead atoms. The van der Waals surface area contributed by atoms with Gasteiger partial charge in [-0.2, -0.15) is 5.10 Å². The van der Waals surface area contributed by atoms with E-state index in [9.17, 15) is 0 Å². The van der Waals surface area contributed by atoms with E-state index < -0.39 is 0 Å². The first-order chi connectivity index (χ1) is 11.8. The molecule has 0 heterocycles. The smallest absolute Gasteiger partial charge is 0.0561 e. The highest BCUT2D eigenvalue weighted by Gasteiger charge is 2.17. The average Bonchev–Trinajstić information content (AvgIpc) is 2.64. The molecule has 1 aliphatic rings. The normalized spacial score (nSPS) is 15.9. The Balaban J connectivity index is 1.57. The van der Waals surface area contributed by atoms with E-state index in [0.717, 1.165) is 23.8 Å². The van der Waals surface area contributed by atoms with Crippen LogP contribution in [0.5, 0.6) is 0 Å². The fraction of sp³-hybridized carbons (Fsp3) is 0.381. The predicted molar refractivity (Wildman–Crippen MR) is 102 cm³/mol. The summed E-state index contributed by atoms with van der Waals surface area (Å²) in [5.74, 6) is 0. The molecule has 1 N–H and O–H groups in total. The Morgan fingerprint density at radius 3 is 2.62 bits per heavy atom.